The first-order valence-electron chi connectivity index (χ1n) is 12.2. The van der Waals surface area contributed by atoms with Gasteiger partial charge in [-0.25, -0.2) is 4.52 Å². The van der Waals surface area contributed by atoms with Crippen LogP contribution in [0.15, 0.2) is 80.1 Å². The molecular formula is C30H35N5. The van der Waals surface area contributed by atoms with Gasteiger partial charge in [0.2, 0.25) is 0 Å². The molecule has 5 nitrogen and oxygen atoms in total. The van der Waals surface area contributed by atoms with E-state index in [0.29, 0.717) is 0 Å². The fourth-order valence-corrected chi connectivity index (χ4v) is 4.45. The van der Waals surface area contributed by atoms with Crippen molar-refractivity contribution in [2.45, 2.75) is 25.8 Å². The minimum atomic E-state index is 0.779. The number of aromatic nitrogens is 3. The van der Waals surface area contributed by atoms with Crippen LogP contribution >= 0.6 is 0 Å². The number of likely N-dealkylation sites (tertiary alicyclic amines) is 1. The van der Waals surface area contributed by atoms with Crippen LogP contribution in [0.4, 0.5) is 0 Å². The Bertz CT molecular complexity index is 1300. The molecule has 180 valence electrons. The standard InChI is InChI=1S/C23H19N3.C7H16N2/c1-4-18-15-24-26-13-12-20(14-23(18)26)16(2)21-10-11-22(25-17(21)3)19-8-6-5-7-9-19;1-8-7-3-5-9(2)6-4-7/h4-15H,1-2H2,3H3;7-8H,3-6H2,1-2H3. The number of piperidine rings is 1. The SMILES string of the molecule is C=Cc1cnn2ccc(C(=C)c3ccc(-c4ccccc4)nc3C)cc12.CNC1CCN(C)CC1. The number of nitrogens with zero attached hydrogens (tertiary/aromatic N) is 4. The first-order valence-corrected chi connectivity index (χ1v) is 12.2. The van der Waals surface area contributed by atoms with Crippen molar-refractivity contribution in [2.75, 3.05) is 27.2 Å². The van der Waals surface area contributed by atoms with E-state index in [-0.39, 0.29) is 0 Å². The van der Waals surface area contributed by atoms with Crippen molar-refractivity contribution in [2.24, 2.45) is 0 Å². The quantitative estimate of drug-likeness (QED) is 0.410. The second-order valence-corrected chi connectivity index (χ2v) is 9.09. The predicted octanol–water partition coefficient (Wildman–Crippen LogP) is 5.71. The molecule has 0 amide bonds. The number of hydrogen-bond donors (Lipinski definition) is 1. The van der Waals surface area contributed by atoms with Crippen LogP contribution in [0.3, 0.4) is 0 Å². The fourth-order valence-electron chi connectivity index (χ4n) is 4.45. The number of hydrogen-bond acceptors (Lipinski definition) is 4. The van der Waals surface area contributed by atoms with Gasteiger partial charge in [-0.1, -0.05) is 55.6 Å². The Labute approximate surface area is 208 Å². The van der Waals surface area contributed by atoms with Gasteiger partial charge < -0.3 is 10.2 Å². The lowest BCUT2D eigenvalue weighted by molar-refractivity contribution is 0.240. The summed E-state index contributed by atoms with van der Waals surface area (Å²) >= 11 is 0. The molecular weight excluding hydrogens is 430 g/mol. The summed E-state index contributed by atoms with van der Waals surface area (Å²) in [5.41, 5.74) is 8.14. The van der Waals surface area contributed by atoms with E-state index in [1.165, 1.54) is 25.9 Å². The van der Waals surface area contributed by atoms with Crippen molar-refractivity contribution in [1.82, 2.24) is 24.8 Å². The highest BCUT2D eigenvalue weighted by molar-refractivity contribution is 5.83. The van der Waals surface area contributed by atoms with Crippen LogP contribution < -0.4 is 5.32 Å². The van der Waals surface area contributed by atoms with Crippen LogP contribution in [0.5, 0.6) is 0 Å². The Morgan fingerprint density at radius 1 is 1.09 bits per heavy atom. The van der Waals surface area contributed by atoms with Crippen molar-refractivity contribution < 1.29 is 0 Å². The third kappa shape index (κ3) is 5.76. The molecule has 0 radical (unpaired) electrons. The summed E-state index contributed by atoms with van der Waals surface area (Å²) in [6.45, 7) is 12.7. The molecule has 1 saturated heterocycles. The van der Waals surface area contributed by atoms with Gasteiger partial charge in [-0.3, -0.25) is 4.98 Å². The lowest BCUT2D eigenvalue weighted by atomic mass is 9.97. The molecule has 4 aromatic rings. The van der Waals surface area contributed by atoms with E-state index in [9.17, 15) is 0 Å². The Morgan fingerprint density at radius 3 is 2.49 bits per heavy atom. The summed E-state index contributed by atoms with van der Waals surface area (Å²) in [6, 6.07) is 19.3. The number of rotatable bonds is 5. The van der Waals surface area contributed by atoms with Crippen LogP contribution in [0, 0.1) is 6.92 Å². The average Bonchev–Trinajstić information content (AvgIpc) is 3.32. The Kier molecular flexibility index (Phi) is 7.91. The molecule has 0 atom stereocenters. The van der Waals surface area contributed by atoms with Crippen molar-refractivity contribution in [1.29, 1.82) is 0 Å². The highest BCUT2D eigenvalue weighted by atomic mass is 15.2. The van der Waals surface area contributed by atoms with Crippen molar-refractivity contribution >= 4 is 17.2 Å². The molecule has 5 heteroatoms. The maximum Gasteiger partial charge on any atom is 0.0739 e. The van der Waals surface area contributed by atoms with Crippen molar-refractivity contribution in [3.63, 3.8) is 0 Å². The van der Waals surface area contributed by atoms with E-state index in [1.54, 1.807) is 0 Å². The zero-order chi connectivity index (χ0) is 24.8. The van der Waals surface area contributed by atoms with E-state index in [4.69, 9.17) is 4.98 Å². The molecule has 3 aromatic heterocycles. The smallest absolute Gasteiger partial charge is 0.0739 e. The lowest BCUT2D eigenvalue weighted by Gasteiger charge is -2.28. The van der Waals surface area contributed by atoms with E-state index in [1.807, 2.05) is 54.2 Å². The van der Waals surface area contributed by atoms with Crippen LogP contribution in [-0.2, 0) is 0 Å². The molecule has 1 aromatic carbocycles. The van der Waals surface area contributed by atoms with Gasteiger partial charge in [-0.05, 0) is 76.3 Å². The first kappa shape index (κ1) is 24.6. The molecule has 0 bridgehead atoms. The van der Waals surface area contributed by atoms with Crippen LogP contribution in [0.25, 0.3) is 28.4 Å². The zero-order valence-corrected chi connectivity index (χ0v) is 21.0. The van der Waals surface area contributed by atoms with E-state index < -0.39 is 0 Å². The molecule has 4 heterocycles. The molecule has 35 heavy (non-hydrogen) atoms. The zero-order valence-electron chi connectivity index (χ0n) is 21.0. The van der Waals surface area contributed by atoms with Gasteiger partial charge in [0.05, 0.1) is 17.4 Å². The highest BCUT2D eigenvalue weighted by Gasteiger charge is 2.13. The summed E-state index contributed by atoms with van der Waals surface area (Å²) in [5, 5.41) is 7.63. The maximum atomic E-state index is 4.78. The van der Waals surface area contributed by atoms with Crippen LogP contribution in [0.2, 0.25) is 0 Å². The third-order valence-corrected chi connectivity index (χ3v) is 6.73. The maximum absolute atomic E-state index is 4.78. The minimum Gasteiger partial charge on any atom is -0.317 e. The Morgan fingerprint density at radius 2 is 1.83 bits per heavy atom. The topological polar surface area (TPSA) is 45.5 Å². The van der Waals surface area contributed by atoms with Gasteiger partial charge in [0.25, 0.3) is 0 Å². The molecule has 1 aliphatic heterocycles. The molecule has 1 fully saturated rings. The Hall–Kier alpha value is -3.54. The van der Waals surface area contributed by atoms with Gasteiger partial charge >= 0.3 is 0 Å². The number of aryl methyl sites for hydroxylation is 1. The summed E-state index contributed by atoms with van der Waals surface area (Å²) in [4.78, 5) is 7.16. The number of fused-ring (bicyclic) bond motifs is 1. The van der Waals surface area contributed by atoms with Crippen LogP contribution in [0.1, 0.15) is 35.2 Å². The van der Waals surface area contributed by atoms with E-state index >= 15 is 0 Å². The van der Waals surface area contributed by atoms with E-state index in [0.717, 1.165) is 50.8 Å². The lowest BCUT2D eigenvalue weighted by Crippen LogP contribution is -2.39. The molecule has 0 unspecified atom stereocenters. The fraction of sp³-hybridized carbons (Fsp3) is 0.267. The predicted molar refractivity (Wildman–Crippen MR) is 147 cm³/mol. The summed E-state index contributed by atoms with van der Waals surface area (Å²) in [7, 11) is 4.24. The summed E-state index contributed by atoms with van der Waals surface area (Å²) < 4.78 is 1.84. The molecule has 0 saturated carbocycles. The molecule has 0 aliphatic carbocycles. The largest absolute Gasteiger partial charge is 0.317 e. The summed E-state index contributed by atoms with van der Waals surface area (Å²) in [6.07, 6.45) is 8.20. The average molecular weight is 466 g/mol. The molecule has 5 rings (SSSR count). The van der Waals surface area contributed by atoms with Gasteiger partial charge in [-0.2, -0.15) is 5.10 Å². The van der Waals surface area contributed by atoms with Crippen LogP contribution in [-0.4, -0.2) is 52.7 Å². The summed E-state index contributed by atoms with van der Waals surface area (Å²) in [5.74, 6) is 0. The second-order valence-electron chi connectivity index (χ2n) is 9.09. The molecule has 1 N–H and O–H groups in total. The second kappa shape index (κ2) is 11.3. The van der Waals surface area contributed by atoms with E-state index in [2.05, 4.69) is 72.9 Å². The number of nitrogens with one attached hydrogen (secondary N) is 1. The van der Waals surface area contributed by atoms with Gasteiger partial charge in [0.15, 0.2) is 0 Å². The normalized spacial score (nSPS) is 14.4. The minimum absolute atomic E-state index is 0.779. The van der Waals surface area contributed by atoms with Crippen molar-refractivity contribution in [3.8, 4) is 11.3 Å². The molecule has 0 spiro atoms. The highest BCUT2D eigenvalue weighted by Crippen LogP contribution is 2.28. The van der Waals surface area contributed by atoms with Gasteiger partial charge in [-0.15, -0.1) is 0 Å². The van der Waals surface area contributed by atoms with Gasteiger partial charge in [0, 0.05) is 34.6 Å². The number of pyridine rings is 2. The molecule has 1 aliphatic rings. The van der Waals surface area contributed by atoms with Crippen molar-refractivity contribution in [3.05, 3.63) is 103 Å². The van der Waals surface area contributed by atoms with Gasteiger partial charge in [0.1, 0.15) is 0 Å². The monoisotopic (exact) mass is 465 g/mol. The third-order valence-electron chi connectivity index (χ3n) is 6.73. The first-order chi connectivity index (χ1) is 17.0. The number of benzene rings is 1. The Balaban J connectivity index is 0.000000271.